The number of methoxy groups -OCH3 is 2. The lowest BCUT2D eigenvalue weighted by atomic mass is 10.1. The molecule has 1 N–H and O–H groups in total. The molecule has 0 radical (unpaired) electrons. The highest BCUT2D eigenvalue weighted by atomic mass is 32.2. The van der Waals surface area contributed by atoms with E-state index in [0.717, 1.165) is 16.2 Å². The average molecular weight is 401 g/mol. The van der Waals surface area contributed by atoms with Crippen molar-refractivity contribution in [2.75, 3.05) is 19.5 Å². The number of hydrogen-bond donors (Lipinski definition) is 1. The summed E-state index contributed by atoms with van der Waals surface area (Å²) in [5.74, 6) is -0.479. The third-order valence-electron chi connectivity index (χ3n) is 4.21. The van der Waals surface area contributed by atoms with E-state index >= 15 is 0 Å². The number of thioether (sulfide) groups is 1. The second kappa shape index (κ2) is 9.94. The molecule has 1 unspecified atom stereocenters. The minimum Gasteiger partial charge on any atom is -0.497 e. The number of ether oxygens (including phenoxy) is 2. The number of nitrogens with one attached hydrogen (secondary N) is 1. The first-order valence-corrected chi connectivity index (χ1v) is 9.63. The first kappa shape index (κ1) is 21.5. The molecular weight excluding hydrogens is 378 g/mol. The number of carbonyl (C=O) groups excluding carboxylic acids is 3. The first-order chi connectivity index (χ1) is 13.3. The molecule has 2 aromatic rings. The summed E-state index contributed by atoms with van der Waals surface area (Å²) < 4.78 is 9.91. The van der Waals surface area contributed by atoms with Crippen LogP contribution in [0.5, 0.6) is 5.75 Å². The molecule has 2 aromatic carbocycles. The maximum absolute atomic E-state index is 12.3. The molecule has 7 heteroatoms. The molecule has 148 valence electrons. The highest BCUT2D eigenvalue weighted by Crippen LogP contribution is 2.32. The maximum Gasteiger partial charge on any atom is 0.337 e. The number of amides is 1. The Morgan fingerprint density at radius 3 is 2.32 bits per heavy atom. The van der Waals surface area contributed by atoms with Crippen LogP contribution in [-0.4, -0.2) is 31.9 Å². The summed E-state index contributed by atoms with van der Waals surface area (Å²) in [5, 5.41) is 2.76. The Balaban J connectivity index is 2.24. The van der Waals surface area contributed by atoms with Gasteiger partial charge in [-0.2, -0.15) is 0 Å². The van der Waals surface area contributed by atoms with Gasteiger partial charge in [-0.15, -0.1) is 11.8 Å². The molecule has 6 nitrogen and oxygen atoms in total. The van der Waals surface area contributed by atoms with Gasteiger partial charge in [0.2, 0.25) is 5.91 Å². The zero-order chi connectivity index (χ0) is 20.7. The predicted octanol–water partition coefficient (Wildman–Crippen LogP) is 3.94. The Morgan fingerprint density at radius 1 is 1.07 bits per heavy atom. The molecule has 0 aliphatic carbocycles. The standard InChI is InChI=1S/C21H23NO5S/c1-13(14(2)23)20(24)22-18-11-16(21(25)27-4)7-10-19(18)28-12-15-5-8-17(26-3)9-6-15/h5-11,13H,12H2,1-4H3,(H,22,24). The summed E-state index contributed by atoms with van der Waals surface area (Å²) in [6.45, 7) is 2.92. The fraction of sp³-hybridized carbons (Fsp3) is 0.286. The molecule has 0 saturated heterocycles. The smallest absolute Gasteiger partial charge is 0.337 e. The van der Waals surface area contributed by atoms with Gasteiger partial charge in [-0.1, -0.05) is 12.1 Å². The van der Waals surface area contributed by atoms with E-state index in [1.807, 2.05) is 24.3 Å². The van der Waals surface area contributed by atoms with Crippen molar-refractivity contribution in [3.05, 3.63) is 53.6 Å². The van der Waals surface area contributed by atoms with Gasteiger partial charge in [-0.05, 0) is 49.7 Å². The molecule has 0 spiro atoms. The number of rotatable bonds is 8. The van der Waals surface area contributed by atoms with Crippen molar-refractivity contribution in [1.29, 1.82) is 0 Å². The van der Waals surface area contributed by atoms with E-state index in [9.17, 15) is 14.4 Å². The number of carbonyl (C=O) groups is 3. The van der Waals surface area contributed by atoms with Gasteiger partial charge < -0.3 is 14.8 Å². The normalized spacial score (nSPS) is 11.4. The third-order valence-corrected chi connectivity index (χ3v) is 5.36. The fourth-order valence-corrected chi connectivity index (χ4v) is 3.25. The van der Waals surface area contributed by atoms with E-state index in [4.69, 9.17) is 9.47 Å². The number of Topliss-reactive ketones (excluding diaryl/α,β-unsaturated/α-hetero) is 1. The SMILES string of the molecule is COC(=O)c1ccc(SCc2ccc(OC)cc2)c(NC(=O)C(C)C(C)=O)c1. The topological polar surface area (TPSA) is 81.7 Å². The first-order valence-electron chi connectivity index (χ1n) is 8.65. The van der Waals surface area contributed by atoms with Crippen LogP contribution >= 0.6 is 11.8 Å². The lowest BCUT2D eigenvalue weighted by Gasteiger charge is -2.14. The summed E-state index contributed by atoms with van der Waals surface area (Å²) in [5.41, 5.74) is 1.87. The molecule has 2 rings (SSSR count). The minimum atomic E-state index is -0.777. The van der Waals surface area contributed by atoms with Gasteiger partial charge in [0, 0.05) is 10.6 Å². The van der Waals surface area contributed by atoms with Crippen molar-refractivity contribution in [1.82, 2.24) is 0 Å². The largest absolute Gasteiger partial charge is 0.497 e. The lowest BCUT2D eigenvalue weighted by Crippen LogP contribution is -2.26. The van der Waals surface area contributed by atoms with Gasteiger partial charge in [0.1, 0.15) is 11.5 Å². The molecule has 1 atom stereocenters. The van der Waals surface area contributed by atoms with Crippen LogP contribution in [0, 0.1) is 5.92 Å². The van der Waals surface area contributed by atoms with Crippen LogP contribution in [0.2, 0.25) is 0 Å². The Morgan fingerprint density at radius 2 is 1.75 bits per heavy atom. The highest BCUT2D eigenvalue weighted by molar-refractivity contribution is 7.98. The van der Waals surface area contributed by atoms with Crippen molar-refractivity contribution in [2.24, 2.45) is 5.92 Å². The number of hydrogen-bond acceptors (Lipinski definition) is 6. The lowest BCUT2D eigenvalue weighted by molar-refractivity contribution is -0.129. The van der Waals surface area contributed by atoms with Crippen LogP contribution < -0.4 is 10.1 Å². The second-order valence-electron chi connectivity index (χ2n) is 6.16. The van der Waals surface area contributed by atoms with E-state index in [1.165, 1.54) is 25.8 Å². The number of ketones is 1. The zero-order valence-electron chi connectivity index (χ0n) is 16.3. The minimum absolute atomic E-state index is 0.228. The zero-order valence-corrected chi connectivity index (χ0v) is 17.1. The molecule has 0 aromatic heterocycles. The summed E-state index contributed by atoms with van der Waals surface area (Å²) >= 11 is 1.51. The molecule has 1 amide bonds. The molecule has 0 saturated carbocycles. The molecular formula is C21H23NO5S. The van der Waals surface area contributed by atoms with Gasteiger partial charge in [0.15, 0.2) is 0 Å². The Hall–Kier alpha value is -2.80. The summed E-state index contributed by atoms with van der Waals surface area (Å²) in [6, 6.07) is 12.7. The van der Waals surface area contributed by atoms with E-state index < -0.39 is 17.8 Å². The van der Waals surface area contributed by atoms with Gasteiger partial charge in [-0.3, -0.25) is 9.59 Å². The molecule has 0 bridgehead atoms. The van der Waals surface area contributed by atoms with Crippen LogP contribution in [0.4, 0.5) is 5.69 Å². The van der Waals surface area contributed by atoms with Crippen molar-refractivity contribution in [3.8, 4) is 5.75 Å². The molecule has 0 heterocycles. The maximum atomic E-state index is 12.3. The number of benzene rings is 2. The van der Waals surface area contributed by atoms with E-state index in [2.05, 4.69) is 5.32 Å². The number of esters is 1. The van der Waals surface area contributed by atoms with E-state index in [0.29, 0.717) is 17.0 Å². The monoisotopic (exact) mass is 401 g/mol. The number of anilines is 1. The molecule has 0 aliphatic heterocycles. The van der Waals surface area contributed by atoms with Crippen LogP contribution in [0.3, 0.4) is 0 Å². The highest BCUT2D eigenvalue weighted by Gasteiger charge is 2.20. The van der Waals surface area contributed by atoms with Gasteiger partial charge in [-0.25, -0.2) is 4.79 Å². The third kappa shape index (κ3) is 5.60. The summed E-state index contributed by atoms with van der Waals surface area (Å²) in [7, 11) is 2.91. The molecule has 28 heavy (non-hydrogen) atoms. The predicted molar refractivity (Wildman–Crippen MR) is 109 cm³/mol. The van der Waals surface area contributed by atoms with Crippen molar-refractivity contribution in [3.63, 3.8) is 0 Å². The Bertz CT molecular complexity index is 864. The van der Waals surface area contributed by atoms with Crippen LogP contribution in [0.25, 0.3) is 0 Å². The van der Waals surface area contributed by atoms with Gasteiger partial charge in [0.25, 0.3) is 0 Å². The quantitative estimate of drug-likeness (QED) is 0.410. The van der Waals surface area contributed by atoms with Crippen LogP contribution in [0.15, 0.2) is 47.4 Å². The van der Waals surface area contributed by atoms with Crippen LogP contribution in [-0.2, 0) is 20.1 Å². The van der Waals surface area contributed by atoms with E-state index in [-0.39, 0.29) is 5.78 Å². The molecule has 0 fully saturated rings. The van der Waals surface area contributed by atoms with Crippen molar-refractivity contribution >= 4 is 35.1 Å². The van der Waals surface area contributed by atoms with Crippen LogP contribution in [0.1, 0.15) is 29.8 Å². The second-order valence-corrected chi connectivity index (χ2v) is 7.18. The van der Waals surface area contributed by atoms with Gasteiger partial charge in [0.05, 0.1) is 31.4 Å². The van der Waals surface area contributed by atoms with Gasteiger partial charge >= 0.3 is 5.97 Å². The fourth-order valence-electron chi connectivity index (χ4n) is 2.31. The Labute approximate surface area is 168 Å². The summed E-state index contributed by atoms with van der Waals surface area (Å²) in [6.07, 6.45) is 0. The Kier molecular flexibility index (Phi) is 7.63. The average Bonchev–Trinajstić information content (AvgIpc) is 2.71. The van der Waals surface area contributed by atoms with Crippen molar-refractivity contribution < 1.29 is 23.9 Å². The van der Waals surface area contributed by atoms with Crippen molar-refractivity contribution in [2.45, 2.75) is 24.5 Å². The van der Waals surface area contributed by atoms with E-state index in [1.54, 1.807) is 32.2 Å². The molecule has 0 aliphatic rings. The summed E-state index contributed by atoms with van der Waals surface area (Å²) in [4.78, 5) is 36.4.